The van der Waals surface area contributed by atoms with Crippen LogP contribution in [0.25, 0.3) is 5.57 Å². The molecule has 4 rings (SSSR count). The Labute approximate surface area is 172 Å². The maximum absolute atomic E-state index is 13.7. The third-order valence-corrected chi connectivity index (χ3v) is 6.23. The summed E-state index contributed by atoms with van der Waals surface area (Å²) < 4.78 is 27.0. The van der Waals surface area contributed by atoms with Crippen molar-refractivity contribution in [3.05, 3.63) is 86.4 Å². The van der Waals surface area contributed by atoms with E-state index in [0.29, 0.717) is 9.90 Å². The van der Waals surface area contributed by atoms with Gasteiger partial charge in [-0.05, 0) is 47.8 Å². The lowest BCUT2D eigenvalue weighted by Crippen LogP contribution is -2.31. The minimum atomic E-state index is -1.13. The van der Waals surface area contributed by atoms with Gasteiger partial charge in [-0.3, -0.25) is 9.59 Å². The molecule has 140 valence electrons. The normalized spacial score (nSPS) is 14.3. The Hall–Kier alpha value is -2.48. The zero-order valence-corrected chi connectivity index (χ0v) is 16.4. The second kappa shape index (κ2) is 7.50. The van der Waals surface area contributed by atoms with Gasteiger partial charge in [-0.15, -0.1) is 11.3 Å². The van der Waals surface area contributed by atoms with Crippen molar-refractivity contribution in [1.29, 1.82) is 0 Å². The van der Waals surface area contributed by atoms with Crippen LogP contribution in [-0.4, -0.2) is 11.8 Å². The lowest BCUT2D eigenvalue weighted by atomic mass is 10.2. The summed E-state index contributed by atoms with van der Waals surface area (Å²) in [6.45, 7) is 0. The molecule has 0 radical (unpaired) electrons. The molecular formula is C20H10ClF2NO2S2. The quantitative estimate of drug-likeness (QED) is 0.491. The molecule has 2 heterocycles. The Kier molecular flexibility index (Phi) is 5.05. The van der Waals surface area contributed by atoms with Gasteiger partial charge in [0.25, 0.3) is 11.8 Å². The highest BCUT2D eigenvalue weighted by Gasteiger charge is 2.41. The number of hydrogen-bond donors (Lipinski definition) is 0. The van der Waals surface area contributed by atoms with E-state index < -0.39 is 23.4 Å². The van der Waals surface area contributed by atoms with Crippen LogP contribution in [0.15, 0.2) is 69.8 Å². The van der Waals surface area contributed by atoms with E-state index in [2.05, 4.69) is 0 Å². The van der Waals surface area contributed by atoms with Crippen LogP contribution in [0, 0.1) is 11.6 Å². The van der Waals surface area contributed by atoms with Gasteiger partial charge in [0.15, 0.2) is 11.6 Å². The highest BCUT2D eigenvalue weighted by Crippen LogP contribution is 2.42. The minimum absolute atomic E-state index is 0.0188. The summed E-state index contributed by atoms with van der Waals surface area (Å²) in [6, 6.07) is 13.3. The largest absolute Gasteiger partial charge is 0.272 e. The van der Waals surface area contributed by atoms with Crippen molar-refractivity contribution in [3.63, 3.8) is 0 Å². The van der Waals surface area contributed by atoms with Crippen molar-refractivity contribution in [3.8, 4) is 0 Å². The summed E-state index contributed by atoms with van der Waals surface area (Å²) in [4.78, 5) is 28.6. The lowest BCUT2D eigenvalue weighted by Gasteiger charge is -2.15. The maximum atomic E-state index is 13.7. The van der Waals surface area contributed by atoms with Crippen LogP contribution in [0.2, 0.25) is 5.02 Å². The number of benzene rings is 2. The second-order valence-corrected chi connectivity index (χ2v) is 8.25. The summed E-state index contributed by atoms with van der Waals surface area (Å²) in [5, 5.41) is 2.35. The van der Waals surface area contributed by atoms with E-state index in [1.54, 1.807) is 41.8 Å². The third kappa shape index (κ3) is 3.37. The molecule has 1 aliphatic rings. The Morgan fingerprint density at radius 2 is 1.68 bits per heavy atom. The van der Waals surface area contributed by atoms with Crippen molar-refractivity contribution in [1.82, 2.24) is 0 Å². The van der Waals surface area contributed by atoms with Crippen LogP contribution in [0.5, 0.6) is 0 Å². The highest BCUT2D eigenvalue weighted by atomic mass is 35.5. The van der Waals surface area contributed by atoms with Crippen molar-refractivity contribution < 1.29 is 18.4 Å². The van der Waals surface area contributed by atoms with Gasteiger partial charge in [0.05, 0.1) is 16.2 Å². The number of hydrogen-bond acceptors (Lipinski definition) is 4. The summed E-state index contributed by atoms with van der Waals surface area (Å²) in [6.07, 6.45) is 0. The molecule has 1 aliphatic heterocycles. The Morgan fingerprint density at radius 3 is 2.32 bits per heavy atom. The van der Waals surface area contributed by atoms with Crippen LogP contribution >= 0.6 is 34.7 Å². The number of halogens is 3. The molecule has 0 unspecified atom stereocenters. The lowest BCUT2D eigenvalue weighted by molar-refractivity contribution is -0.119. The molecule has 1 aromatic heterocycles. The molecule has 8 heteroatoms. The summed E-state index contributed by atoms with van der Waals surface area (Å²) in [7, 11) is 0. The van der Waals surface area contributed by atoms with Gasteiger partial charge in [0, 0.05) is 20.9 Å². The Bertz CT molecular complexity index is 1110. The van der Waals surface area contributed by atoms with Crippen LogP contribution < -0.4 is 4.90 Å². The predicted octanol–water partition coefficient (Wildman–Crippen LogP) is 5.76. The van der Waals surface area contributed by atoms with E-state index in [9.17, 15) is 18.4 Å². The maximum Gasteiger partial charge on any atom is 0.272 e. The number of carbonyl (C=O) groups is 2. The van der Waals surface area contributed by atoms with Crippen molar-refractivity contribution in [2.75, 3.05) is 4.90 Å². The standard InChI is InChI=1S/C20H10ClF2NO2S2/c21-11-3-6-13(7-4-11)28-18-17(16-2-1-9-27-16)19(25)24(20(18)26)12-5-8-14(22)15(23)10-12/h1-10H. The first-order chi connectivity index (χ1) is 13.5. The summed E-state index contributed by atoms with van der Waals surface area (Å²) in [5.74, 6) is -3.34. The fourth-order valence-electron chi connectivity index (χ4n) is 2.72. The van der Waals surface area contributed by atoms with Crippen LogP contribution in [0.4, 0.5) is 14.5 Å². The van der Waals surface area contributed by atoms with Crippen LogP contribution in [0.3, 0.4) is 0 Å². The van der Waals surface area contributed by atoms with E-state index in [4.69, 9.17) is 11.6 Å². The molecule has 0 spiro atoms. The molecule has 0 bridgehead atoms. The molecule has 0 fully saturated rings. The van der Waals surface area contributed by atoms with E-state index in [1.807, 2.05) is 0 Å². The van der Waals surface area contributed by atoms with Gasteiger partial charge in [0.1, 0.15) is 0 Å². The van der Waals surface area contributed by atoms with Gasteiger partial charge in [-0.1, -0.05) is 29.4 Å². The summed E-state index contributed by atoms with van der Waals surface area (Å²) >= 11 is 8.36. The zero-order valence-electron chi connectivity index (χ0n) is 14.0. The number of thioether (sulfide) groups is 1. The highest BCUT2D eigenvalue weighted by molar-refractivity contribution is 8.04. The van der Waals surface area contributed by atoms with E-state index >= 15 is 0 Å². The molecule has 0 aliphatic carbocycles. The Morgan fingerprint density at radius 1 is 0.929 bits per heavy atom. The SMILES string of the molecule is O=C1C(Sc2ccc(Cl)cc2)=C(c2cccs2)C(=O)N1c1ccc(F)c(F)c1. The number of imide groups is 1. The molecular weight excluding hydrogens is 424 g/mol. The number of rotatable bonds is 4. The first-order valence-corrected chi connectivity index (χ1v) is 10.1. The van der Waals surface area contributed by atoms with E-state index in [1.165, 1.54) is 17.4 Å². The average Bonchev–Trinajstić information content (AvgIpc) is 3.27. The monoisotopic (exact) mass is 433 g/mol. The van der Waals surface area contributed by atoms with Crippen LogP contribution in [-0.2, 0) is 9.59 Å². The molecule has 28 heavy (non-hydrogen) atoms. The second-order valence-electron chi connectivity index (χ2n) is 5.78. The van der Waals surface area contributed by atoms with Crippen molar-refractivity contribution in [2.24, 2.45) is 0 Å². The van der Waals surface area contributed by atoms with Gasteiger partial charge in [-0.2, -0.15) is 0 Å². The molecule has 3 aromatic rings. The number of anilines is 1. The topological polar surface area (TPSA) is 37.4 Å². The van der Waals surface area contributed by atoms with E-state index in [0.717, 1.165) is 33.7 Å². The average molecular weight is 434 g/mol. The smallest absolute Gasteiger partial charge is 0.268 e. The van der Waals surface area contributed by atoms with Gasteiger partial charge in [-0.25, -0.2) is 13.7 Å². The van der Waals surface area contributed by atoms with Crippen LogP contribution in [0.1, 0.15) is 4.88 Å². The minimum Gasteiger partial charge on any atom is -0.268 e. The summed E-state index contributed by atoms with van der Waals surface area (Å²) in [5.41, 5.74) is 0.222. The molecule has 2 amide bonds. The fraction of sp³-hybridized carbons (Fsp3) is 0. The van der Waals surface area contributed by atoms with Gasteiger partial charge >= 0.3 is 0 Å². The number of carbonyl (C=O) groups excluding carboxylic acids is 2. The molecule has 0 saturated carbocycles. The van der Waals surface area contributed by atoms with Crippen molar-refractivity contribution >= 4 is 57.8 Å². The molecule has 0 saturated heterocycles. The van der Waals surface area contributed by atoms with E-state index in [-0.39, 0.29) is 16.2 Å². The van der Waals surface area contributed by atoms with Crippen molar-refractivity contribution in [2.45, 2.75) is 4.90 Å². The molecule has 3 nitrogen and oxygen atoms in total. The Balaban J connectivity index is 1.79. The number of thiophene rings is 1. The van der Waals surface area contributed by atoms with Gasteiger partial charge in [0.2, 0.25) is 0 Å². The number of amides is 2. The molecule has 0 N–H and O–H groups in total. The molecule has 0 atom stereocenters. The number of nitrogens with zero attached hydrogens (tertiary/aromatic N) is 1. The first kappa shape index (κ1) is 18.9. The fourth-order valence-corrected chi connectivity index (χ4v) is 4.67. The zero-order chi connectivity index (χ0) is 19.8. The third-order valence-electron chi connectivity index (χ3n) is 4.00. The predicted molar refractivity (Wildman–Crippen MR) is 107 cm³/mol. The first-order valence-electron chi connectivity index (χ1n) is 8.01. The molecule has 2 aromatic carbocycles. The van der Waals surface area contributed by atoms with Gasteiger partial charge < -0.3 is 0 Å².